The molecule has 0 aliphatic carbocycles. The van der Waals surface area contributed by atoms with Crippen molar-refractivity contribution in [1.82, 2.24) is 9.80 Å². The minimum Gasteiger partial charge on any atom is -0.481 e. The zero-order chi connectivity index (χ0) is 13.7. The van der Waals surface area contributed by atoms with E-state index in [2.05, 4.69) is 0 Å². The molecule has 6 heteroatoms. The molecule has 0 spiro atoms. The smallest absolute Gasteiger partial charge is 0.319 e. The molecule has 1 N–H and O–H groups in total. The molecule has 0 aromatic carbocycles. The molecule has 0 radical (unpaired) electrons. The van der Waals surface area contributed by atoms with Crippen LogP contribution in [0.3, 0.4) is 0 Å². The Morgan fingerprint density at radius 2 is 2.11 bits per heavy atom. The Balaban J connectivity index is 2.45. The number of carboxylic acid groups (broad SMARTS) is 1. The molecule has 1 fully saturated rings. The SMILES string of the molecule is CCOCCN(C)C(=O)N1C[C@@H](C)[C@H](C(=O)O)C1. The largest absolute Gasteiger partial charge is 0.481 e. The summed E-state index contributed by atoms with van der Waals surface area (Å²) in [4.78, 5) is 26.2. The first-order chi connectivity index (χ1) is 8.47. The first kappa shape index (κ1) is 14.8. The number of carboxylic acids is 1. The normalized spacial score (nSPS) is 23.2. The summed E-state index contributed by atoms with van der Waals surface area (Å²) < 4.78 is 5.19. The van der Waals surface area contributed by atoms with Crippen molar-refractivity contribution in [2.75, 3.05) is 39.9 Å². The van der Waals surface area contributed by atoms with Crippen molar-refractivity contribution in [2.45, 2.75) is 13.8 Å². The molecule has 2 atom stereocenters. The zero-order valence-electron chi connectivity index (χ0n) is 11.3. The van der Waals surface area contributed by atoms with E-state index in [4.69, 9.17) is 9.84 Å². The fourth-order valence-corrected chi connectivity index (χ4v) is 2.13. The van der Waals surface area contributed by atoms with Gasteiger partial charge in [0.05, 0.1) is 12.5 Å². The summed E-state index contributed by atoms with van der Waals surface area (Å²) in [7, 11) is 1.71. The Morgan fingerprint density at radius 1 is 1.44 bits per heavy atom. The van der Waals surface area contributed by atoms with Gasteiger partial charge in [-0.05, 0) is 12.8 Å². The van der Waals surface area contributed by atoms with Crippen molar-refractivity contribution in [3.05, 3.63) is 0 Å². The first-order valence-corrected chi connectivity index (χ1v) is 6.28. The van der Waals surface area contributed by atoms with E-state index in [-0.39, 0.29) is 11.9 Å². The van der Waals surface area contributed by atoms with Crippen molar-refractivity contribution in [3.63, 3.8) is 0 Å². The van der Waals surface area contributed by atoms with E-state index >= 15 is 0 Å². The average Bonchev–Trinajstić information content (AvgIpc) is 2.70. The second kappa shape index (κ2) is 6.58. The van der Waals surface area contributed by atoms with E-state index in [0.29, 0.717) is 32.8 Å². The molecule has 1 aliphatic rings. The van der Waals surface area contributed by atoms with E-state index in [9.17, 15) is 9.59 Å². The Hall–Kier alpha value is -1.30. The van der Waals surface area contributed by atoms with Gasteiger partial charge in [0.1, 0.15) is 0 Å². The summed E-state index contributed by atoms with van der Waals surface area (Å²) in [6, 6.07) is -0.120. The predicted octanol–water partition coefficient (Wildman–Crippen LogP) is 0.727. The van der Waals surface area contributed by atoms with Crippen molar-refractivity contribution < 1.29 is 19.4 Å². The molecule has 1 saturated heterocycles. The third kappa shape index (κ3) is 3.60. The number of amides is 2. The molecule has 6 nitrogen and oxygen atoms in total. The molecule has 18 heavy (non-hydrogen) atoms. The Kier molecular flexibility index (Phi) is 5.40. The maximum absolute atomic E-state index is 12.1. The minimum absolute atomic E-state index is 0.00624. The van der Waals surface area contributed by atoms with Gasteiger partial charge in [-0.15, -0.1) is 0 Å². The van der Waals surface area contributed by atoms with E-state index in [1.807, 2.05) is 13.8 Å². The standard InChI is InChI=1S/C12H22N2O4/c1-4-18-6-5-13(3)12(17)14-7-9(2)10(8-14)11(15)16/h9-10H,4-8H2,1-3H3,(H,15,16)/t9-,10-/m1/s1. The number of likely N-dealkylation sites (N-methyl/N-ethyl adjacent to an activating group) is 1. The van der Waals surface area contributed by atoms with Gasteiger partial charge < -0.3 is 19.6 Å². The van der Waals surface area contributed by atoms with Gasteiger partial charge in [0.25, 0.3) is 0 Å². The maximum atomic E-state index is 12.1. The first-order valence-electron chi connectivity index (χ1n) is 6.28. The van der Waals surface area contributed by atoms with Gasteiger partial charge in [-0.3, -0.25) is 4.79 Å². The third-order valence-electron chi connectivity index (χ3n) is 3.30. The van der Waals surface area contributed by atoms with Crippen molar-refractivity contribution >= 4 is 12.0 Å². The molecule has 0 unspecified atom stereocenters. The summed E-state index contributed by atoms with van der Waals surface area (Å²) >= 11 is 0. The van der Waals surface area contributed by atoms with E-state index in [1.165, 1.54) is 0 Å². The van der Waals surface area contributed by atoms with Crippen LogP contribution in [0.25, 0.3) is 0 Å². The number of hydrogen-bond donors (Lipinski definition) is 1. The van der Waals surface area contributed by atoms with E-state index in [0.717, 1.165) is 0 Å². The number of likely N-dealkylation sites (tertiary alicyclic amines) is 1. The highest BCUT2D eigenvalue weighted by Crippen LogP contribution is 2.23. The summed E-state index contributed by atoms with van der Waals surface area (Å²) in [5, 5.41) is 9.02. The molecule has 2 amide bonds. The highest BCUT2D eigenvalue weighted by molar-refractivity contribution is 5.77. The molecular formula is C12H22N2O4. The van der Waals surface area contributed by atoms with Gasteiger partial charge in [-0.2, -0.15) is 0 Å². The van der Waals surface area contributed by atoms with Crippen LogP contribution in [0.2, 0.25) is 0 Å². The molecule has 1 rings (SSSR count). The van der Waals surface area contributed by atoms with Gasteiger partial charge in [0.2, 0.25) is 0 Å². The lowest BCUT2D eigenvalue weighted by Gasteiger charge is -2.24. The number of hydrogen-bond acceptors (Lipinski definition) is 3. The fourth-order valence-electron chi connectivity index (χ4n) is 2.13. The van der Waals surface area contributed by atoms with Crippen LogP contribution >= 0.6 is 0 Å². The molecule has 1 aliphatic heterocycles. The Morgan fingerprint density at radius 3 is 2.61 bits per heavy atom. The lowest BCUT2D eigenvalue weighted by atomic mass is 9.99. The van der Waals surface area contributed by atoms with Crippen LogP contribution in [0.15, 0.2) is 0 Å². The van der Waals surface area contributed by atoms with Crippen molar-refractivity contribution in [3.8, 4) is 0 Å². The number of aliphatic carboxylic acids is 1. The summed E-state index contributed by atoms with van der Waals surface area (Å²) in [5.74, 6) is -1.27. The number of ether oxygens (including phenoxy) is 1. The number of carbonyl (C=O) groups excluding carboxylic acids is 1. The van der Waals surface area contributed by atoms with Crippen LogP contribution in [-0.4, -0.2) is 66.8 Å². The highest BCUT2D eigenvalue weighted by atomic mass is 16.5. The summed E-state index contributed by atoms with van der Waals surface area (Å²) in [6.45, 7) is 6.24. The van der Waals surface area contributed by atoms with Crippen molar-refractivity contribution in [2.24, 2.45) is 11.8 Å². The van der Waals surface area contributed by atoms with Crippen molar-refractivity contribution in [1.29, 1.82) is 0 Å². The molecule has 1 heterocycles. The average molecular weight is 258 g/mol. The lowest BCUT2D eigenvalue weighted by molar-refractivity contribution is -0.142. The molecule has 0 bridgehead atoms. The maximum Gasteiger partial charge on any atom is 0.319 e. The Labute approximate surface area is 107 Å². The molecular weight excluding hydrogens is 236 g/mol. The van der Waals surface area contributed by atoms with Crippen LogP contribution < -0.4 is 0 Å². The summed E-state index contributed by atoms with van der Waals surface area (Å²) in [5.41, 5.74) is 0. The van der Waals surface area contributed by atoms with E-state index in [1.54, 1.807) is 16.8 Å². The van der Waals surface area contributed by atoms with Crippen LogP contribution in [0.5, 0.6) is 0 Å². The molecule has 0 aromatic rings. The highest BCUT2D eigenvalue weighted by Gasteiger charge is 2.37. The second-order valence-electron chi connectivity index (χ2n) is 4.73. The van der Waals surface area contributed by atoms with Gasteiger partial charge in [-0.1, -0.05) is 6.92 Å². The van der Waals surface area contributed by atoms with Crippen LogP contribution in [0.4, 0.5) is 4.79 Å². The van der Waals surface area contributed by atoms with Gasteiger partial charge in [0.15, 0.2) is 0 Å². The minimum atomic E-state index is -0.824. The van der Waals surface area contributed by atoms with E-state index < -0.39 is 11.9 Å². The quantitative estimate of drug-likeness (QED) is 0.738. The van der Waals surface area contributed by atoms with Crippen LogP contribution in [0.1, 0.15) is 13.8 Å². The predicted molar refractivity (Wildman–Crippen MR) is 66.4 cm³/mol. The third-order valence-corrected chi connectivity index (χ3v) is 3.30. The zero-order valence-corrected chi connectivity index (χ0v) is 11.3. The number of urea groups is 1. The van der Waals surface area contributed by atoms with Crippen LogP contribution in [-0.2, 0) is 9.53 Å². The lowest BCUT2D eigenvalue weighted by Crippen LogP contribution is -2.41. The number of carbonyl (C=O) groups is 2. The monoisotopic (exact) mass is 258 g/mol. The van der Waals surface area contributed by atoms with Gasteiger partial charge in [0, 0.05) is 33.3 Å². The number of nitrogens with zero attached hydrogens (tertiary/aromatic N) is 2. The summed E-state index contributed by atoms with van der Waals surface area (Å²) in [6.07, 6.45) is 0. The number of rotatable bonds is 5. The second-order valence-corrected chi connectivity index (χ2v) is 4.73. The van der Waals surface area contributed by atoms with Crippen LogP contribution in [0, 0.1) is 11.8 Å². The topological polar surface area (TPSA) is 70.1 Å². The molecule has 0 aromatic heterocycles. The molecule has 0 saturated carbocycles. The molecule has 104 valence electrons. The van der Waals surface area contributed by atoms with Gasteiger partial charge in [-0.25, -0.2) is 4.79 Å². The van der Waals surface area contributed by atoms with Gasteiger partial charge >= 0.3 is 12.0 Å². The fraction of sp³-hybridized carbons (Fsp3) is 0.833. The Bertz CT molecular complexity index is 308.